The highest BCUT2D eigenvalue weighted by Crippen LogP contribution is 2.35. The highest BCUT2D eigenvalue weighted by Gasteiger charge is 2.15. The third-order valence-electron chi connectivity index (χ3n) is 6.78. The molecule has 2 aromatic rings. The maximum Gasteiger partial charge on any atom is 0.123 e. The van der Waals surface area contributed by atoms with Crippen LogP contribution in [0.5, 0.6) is 5.75 Å². The largest absolute Gasteiger partial charge is 0.507 e. The van der Waals surface area contributed by atoms with Crippen molar-refractivity contribution in [2.75, 3.05) is 0 Å². The van der Waals surface area contributed by atoms with E-state index >= 15 is 0 Å². The Hall–Kier alpha value is -3.91. The molecule has 0 spiro atoms. The quantitative estimate of drug-likeness (QED) is 0.353. The zero-order chi connectivity index (χ0) is 25.3. The molecule has 2 N–H and O–H groups in total. The van der Waals surface area contributed by atoms with Gasteiger partial charge < -0.3 is 10.5 Å². The Morgan fingerprint density at radius 1 is 0.944 bits per heavy atom. The Morgan fingerprint density at radius 2 is 1.72 bits per heavy atom. The first-order chi connectivity index (χ1) is 17.5. The van der Waals surface area contributed by atoms with Gasteiger partial charge in [0.05, 0.1) is 0 Å². The van der Waals surface area contributed by atoms with E-state index in [0.29, 0.717) is 0 Å². The van der Waals surface area contributed by atoms with Gasteiger partial charge in [0.15, 0.2) is 0 Å². The molecule has 0 aliphatic heterocycles. The number of phenols is 1. The van der Waals surface area contributed by atoms with Gasteiger partial charge >= 0.3 is 0 Å². The van der Waals surface area contributed by atoms with Crippen molar-refractivity contribution in [1.82, 2.24) is 0 Å². The molecule has 0 amide bonds. The fourth-order valence-corrected chi connectivity index (χ4v) is 4.60. The van der Waals surface area contributed by atoms with Gasteiger partial charge in [0.25, 0.3) is 0 Å². The lowest BCUT2D eigenvalue weighted by atomic mass is 9.86. The van der Waals surface area contributed by atoms with Crippen LogP contribution in [0.4, 0.5) is 0 Å². The van der Waals surface area contributed by atoms with Crippen LogP contribution in [0, 0.1) is 11.8 Å². The zero-order valence-corrected chi connectivity index (χ0v) is 21.0. The molecule has 2 aromatic carbocycles. The van der Waals surface area contributed by atoms with Crippen molar-refractivity contribution in [2.45, 2.75) is 39.0 Å². The van der Waals surface area contributed by atoms with Gasteiger partial charge in [-0.15, -0.1) is 0 Å². The molecule has 2 aliphatic rings. The molecule has 0 saturated carbocycles. The van der Waals surface area contributed by atoms with E-state index in [2.05, 4.69) is 67.6 Å². The molecule has 2 aliphatic carbocycles. The highest BCUT2D eigenvalue weighted by molar-refractivity contribution is 5.85. The van der Waals surface area contributed by atoms with E-state index in [9.17, 15) is 5.11 Å². The predicted octanol–water partition coefficient (Wildman–Crippen LogP) is 8.45. The summed E-state index contributed by atoms with van der Waals surface area (Å²) in [5.74, 6) is 0.284. The summed E-state index contributed by atoms with van der Waals surface area (Å²) in [5.41, 5.74) is 10.3. The minimum atomic E-state index is 0.284. The second-order valence-corrected chi connectivity index (χ2v) is 9.43. The summed E-state index contributed by atoms with van der Waals surface area (Å²) in [7, 11) is 0. The molecule has 0 heterocycles. The normalized spacial score (nSPS) is 16.5. The van der Waals surface area contributed by atoms with Crippen LogP contribution < -0.4 is 0 Å². The van der Waals surface area contributed by atoms with E-state index in [-0.39, 0.29) is 5.75 Å². The number of benzene rings is 2. The Bertz CT molecular complexity index is 1330. The molecule has 0 saturated heterocycles. The predicted molar refractivity (Wildman–Crippen MR) is 153 cm³/mol. The van der Waals surface area contributed by atoms with E-state index in [4.69, 9.17) is 5.41 Å². The topological polar surface area (TPSA) is 44.1 Å². The van der Waals surface area contributed by atoms with Crippen molar-refractivity contribution in [3.63, 3.8) is 0 Å². The van der Waals surface area contributed by atoms with Gasteiger partial charge in [-0.3, -0.25) is 0 Å². The summed E-state index contributed by atoms with van der Waals surface area (Å²) in [6.07, 6.45) is 22.8. The minimum absolute atomic E-state index is 0.284. The van der Waals surface area contributed by atoms with Crippen molar-refractivity contribution in [1.29, 1.82) is 5.41 Å². The molecule has 2 heteroatoms. The monoisotopic (exact) mass is 472 g/mol. The van der Waals surface area contributed by atoms with E-state index < -0.39 is 0 Å². The average molecular weight is 473 g/mol. The van der Waals surface area contributed by atoms with Crippen molar-refractivity contribution in [3.05, 3.63) is 149 Å². The smallest absolute Gasteiger partial charge is 0.123 e. The van der Waals surface area contributed by atoms with Crippen LogP contribution in [0.15, 0.2) is 126 Å². The Balaban J connectivity index is 1.44. The first-order valence-electron chi connectivity index (χ1n) is 12.6. The van der Waals surface area contributed by atoms with Crippen molar-refractivity contribution < 1.29 is 5.11 Å². The van der Waals surface area contributed by atoms with Gasteiger partial charge in [-0.25, -0.2) is 0 Å². The molecule has 0 aromatic heterocycles. The third-order valence-corrected chi connectivity index (χ3v) is 6.78. The number of aromatic hydroxyl groups is 1. The van der Waals surface area contributed by atoms with Gasteiger partial charge in [0.1, 0.15) is 5.75 Å². The van der Waals surface area contributed by atoms with E-state index in [1.165, 1.54) is 28.5 Å². The summed E-state index contributed by atoms with van der Waals surface area (Å²) >= 11 is 0. The van der Waals surface area contributed by atoms with Gasteiger partial charge in [-0.05, 0) is 78.5 Å². The van der Waals surface area contributed by atoms with Gasteiger partial charge in [0, 0.05) is 18.2 Å². The van der Waals surface area contributed by atoms with E-state index in [1.807, 2.05) is 37.3 Å². The Kier molecular flexibility index (Phi) is 8.52. The summed E-state index contributed by atoms with van der Waals surface area (Å²) in [6, 6.07) is 16.3. The number of nitrogens with one attached hydrogen (secondary N) is 1. The lowest BCUT2D eigenvalue weighted by Gasteiger charge is -2.19. The molecule has 0 bridgehead atoms. The van der Waals surface area contributed by atoms with Crippen LogP contribution in [-0.4, -0.2) is 11.3 Å². The number of hydrogen-bond acceptors (Lipinski definition) is 2. The number of allylic oxidation sites excluding steroid dienone is 13. The number of aryl methyl sites for hydroxylation is 2. The standard InChI is InChI=1S/C34H34NO/c1-25(30-12-5-3-4-6-13-30)16-17-27-10-9-11-28(20-27)18-19-29-21-31(26(2)24-35)23-32(22-29)33-14-7-8-15-34(33)36/h3-15,20,22-24,35-36H,1,16-19,21H2,2H3/b31-26+,35-24?. The molecule has 181 valence electrons. The minimum Gasteiger partial charge on any atom is -0.507 e. The molecular weight excluding hydrogens is 438 g/mol. The Morgan fingerprint density at radius 3 is 2.53 bits per heavy atom. The molecule has 0 fully saturated rings. The summed E-state index contributed by atoms with van der Waals surface area (Å²) in [4.78, 5) is 0. The lowest BCUT2D eigenvalue weighted by molar-refractivity contribution is 0.473. The molecular formula is C34H34NO. The maximum atomic E-state index is 10.4. The molecule has 2 nitrogen and oxygen atoms in total. The first kappa shape index (κ1) is 25.2. The lowest BCUT2D eigenvalue weighted by Crippen LogP contribution is -2.01. The van der Waals surface area contributed by atoms with Crippen LogP contribution in [0.1, 0.15) is 42.9 Å². The first-order valence-corrected chi connectivity index (χ1v) is 12.6. The third kappa shape index (κ3) is 6.60. The van der Waals surface area contributed by atoms with Crippen molar-refractivity contribution >= 4 is 11.8 Å². The number of phenolic OH excluding ortho intramolecular Hbond substituents is 1. The molecule has 1 radical (unpaired) electrons. The summed E-state index contributed by atoms with van der Waals surface area (Å²) < 4.78 is 0. The van der Waals surface area contributed by atoms with E-state index in [0.717, 1.165) is 60.0 Å². The number of rotatable bonds is 9. The van der Waals surface area contributed by atoms with Crippen LogP contribution in [-0.2, 0) is 12.8 Å². The van der Waals surface area contributed by atoms with Gasteiger partial charge in [-0.1, -0.05) is 103 Å². The van der Waals surface area contributed by atoms with Crippen LogP contribution in [0.3, 0.4) is 0 Å². The molecule has 0 atom stereocenters. The van der Waals surface area contributed by atoms with Crippen molar-refractivity contribution in [2.24, 2.45) is 0 Å². The SMILES string of the molecule is C=C(CCc1cccc(CCC2=CC(c3ccccc3O)=C/C(=C(\C)C=N)C2)c1)C1=CC=CC=C[CH]1. The fourth-order valence-electron chi connectivity index (χ4n) is 4.60. The molecule has 0 unspecified atom stereocenters. The van der Waals surface area contributed by atoms with E-state index in [1.54, 1.807) is 6.07 Å². The number of hydrogen-bond donors (Lipinski definition) is 2. The second kappa shape index (κ2) is 12.2. The Labute approximate surface area is 215 Å². The molecule has 4 rings (SSSR count). The summed E-state index contributed by atoms with van der Waals surface area (Å²) in [6.45, 7) is 6.29. The fraction of sp³-hybridized carbons (Fsp3) is 0.176. The zero-order valence-electron chi connectivity index (χ0n) is 21.0. The van der Waals surface area contributed by atoms with Crippen LogP contribution in [0.25, 0.3) is 5.57 Å². The maximum absolute atomic E-state index is 10.4. The highest BCUT2D eigenvalue weighted by atomic mass is 16.3. The van der Waals surface area contributed by atoms with Gasteiger partial charge in [-0.2, -0.15) is 0 Å². The average Bonchev–Trinajstić information content (AvgIpc) is 3.20. The van der Waals surface area contributed by atoms with Crippen LogP contribution in [0.2, 0.25) is 0 Å². The van der Waals surface area contributed by atoms with Gasteiger partial charge in [0.2, 0.25) is 0 Å². The summed E-state index contributed by atoms with van der Waals surface area (Å²) in [5, 5.41) is 18.1. The van der Waals surface area contributed by atoms with Crippen molar-refractivity contribution in [3.8, 4) is 5.75 Å². The number of para-hydroxylation sites is 1. The second-order valence-electron chi connectivity index (χ2n) is 9.43. The molecule has 36 heavy (non-hydrogen) atoms. The van der Waals surface area contributed by atoms with Crippen LogP contribution >= 0.6 is 0 Å².